The highest BCUT2D eigenvalue weighted by molar-refractivity contribution is 5.80. The van der Waals surface area contributed by atoms with E-state index in [1.807, 2.05) is 0 Å². The Kier molecular flexibility index (Phi) is 9.49. The van der Waals surface area contributed by atoms with Gasteiger partial charge in [0.15, 0.2) is 12.4 Å². The molecule has 0 spiro atoms. The van der Waals surface area contributed by atoms with Crippen LogP contribution in [0.3, 0.4) is 0 Å². The van der Waals surface area contributed by atoms with E-state index >= 15 is 0 Å². The van der Waals surface area contributed by atoms with Crippen LogP contribution in [0.4, 0.5) is 0 Å². The molecule has 0 radical (unpaired) electrons. The minimum Gasteiger partial charge on any atom is -0.238 e. The SMILES string of the molecule is Cc1cc(C=[N+](C)CC2CCCCC2C[N+](C)=Cc2cc(C)cc(C(C)(C)C)c2C)c(C)c(C(C)(C)C)c1. The molecule has 2 aromatic carbocycles. The van der Waals surface area contributed by atoms with Crippen molar-refractivity contribution in [3.05, 3.63) is 68.8 Å². The number of nitrogens with zero attached hydrogens (tertiary/aromatic N) is 2. The Labute approximate surface area is 234 Å². The van der Waals surface area contributed by atoms with E-state index in [2.05, 4.69) is 129 Å². The summed E-state index contributed by atoms with van der Waals surface area (Å²) < 4.78 is 4.95. The molecule has 2 unspecified atom stereocenters. The Morgan fingerprint density at radius 2 is 0.974 bits per heavy atom. The fourth-order valence-corrected chi connectivity index (χ4v) is 6.68. The van der Waals surface area contributed by atoms with Crippen LogP contribution < -0.4 is 0 Å². The monoisotopic (exact) mass is 516 g/mol. The van der Waals surface area contributed by atoms with Gasteiger partial charge in [-0.1, -0.05) is 66.5 Å². The zero-order chi connectivity index (χ0) is 28.4. The smallest absolute Gasteiger partial charge is 0.170 e. The van der Waals surface area contributed by atoms with Crippen LogP contribution in [0.1, 0.15) is 112 Å². The van der Waals surface area contributed by atoms with Crippen molar-refractivity contribution in [1.29, 1.82) is 0 Å². The van der Waals surface area contributed by atoms with E-state index in [1.54, 1.807) is 0 Å². The van der Waals surface area contributed by atoms with Crippen molar-refractivity contribution in [2.75, 3.05) is 27.2 Å². The molecule has 1 aliphatic rings. The Morgan fingerprint density at radius 1 is 0.632 bits per heavy atom. The fourth-order valence-electron chi connectivity index (χ4n) is 6.68. The van der Waals surface area contributed by atoms with Gasteiger partial charge in [0.1, 0.15) is 27.2 Å². The molecule has 208 valence electrons. The zero-order valence-electron chi connectivity index (χ0n) is 26.8. The van der Waals surface area contributed by atoms with Gasteiger partial charge >= 0.3 is 0 Å². The summed E-state index contributed by atoms with van der Waals surface area (Å²) in [5.74, 6) is 1.47. The van der Waals surface area contributed by atoms with Crippen LogP contribution in [0.15, 0.2) is 24.3 Å². The van der Waals surface area contributed by atoms with Crippen molar-refractivity contribution in [1.82, 2.24) is 0 Å². The summed E-state index contributed by atoms with van der Waals surface area (Å²) in [6.07, 6.45) is 10.2. The molecule has 2 heteroatoms. The first kappa shape index (κ1) is 30.3. The third-order valence-corrected chi connectivity index (χ3v) is 8.63. The van der Waals surface area contributed by atoms with Gasteiger partial charge < -0.3 is 0 Å². The predicted octanol–water partition coefficient (Wildman–Crippen LogP) is 8.14. The van der Waals surface area contributed by atoms with Gasteiger partial charge in [-0.25, -0.2) is 9.15 Å². The number of aryl methyl sites for hydroxylation is 2. The molecular formula is C36H56N2+2. The van der Waals surface area contributed by atoms with Crippen LogP contribution in [0.25, 0.3) is 0 Å². The minimum atomic E-state index is 0.163. The molecule has 2 atom stereocenters. The normalized spacial score (nSPS) is 19.7. The molecule has 2 aromatic rings. The maximum Gasteiger partial charge on any atom is 0.170 e. The van der Waals surface area contributed by atoms with E-state index in [9.17, 15) is 0 Å². The summed E-state index contributed by atoms with van der Waals surface area (Å²) in [5.41, 5.74) is 11.6. The summed E-state index contributed by atoms with van der Waals surface area (Å²) in [6, 6.07) is 9.46. The van der Waals surface area contributed by atoms with E-state index in [4.69, 9.17) is 0 Å². The lowest BCUT2D eigenvalue weighted by Gasteiger charge is -2.28. The second-order valence-electron chi connectivity index (χ2n) is 14.5. The largest absolute Gasteiger partial charge is 0.238 e. The molecule has 0 saturated heterocycles. The highest BCUT2D eigenvalue weighted by Crippen LogP contribution is 2.32. The summed E-state index contributed by atoms with van der Waals surface area (Å²) in [4.78, 5) is 0. The highest BCUT2D eigenvalue weighted by Gasteiger charge is 2.31. The van der Waals surface area contributed by atoms with E-state index in [0.717, 1.165) is 24.9 Å². The van der Waals surface area contributed by atoms with Gasteiger partial charge in [0.2, 0.25) is 0 Å². The van der Waals surface area contributed by atoms with Crippen molar-refractivity contribution in [2.24, 2.45) is 11.8 Å². The molecule has 1 aliphatic carbocycles. The second kappa shape index (κ2) is 11.9. The van der Waals surface area contributed by atoms with Crippen LogP contribution in [0.2, 0.25) is 0 Å². The molecule has 0 heterocycles. The van der Waals surface area contributed by atoms with Crippen molar-refractivity contribution in [3.63, 3.8) is 0 Å². The maximum atomic E-state index is 2.47. The first-order chi connectivity index (χ1) is 17.6. The van der Waals surface area contributed by atoms with E-state index in [0.29, 0.717) is 0 Å². The summed E-state index contributed by atoms with van der Waals surface area (Å²) in [6.45, 7) is 25.3. The van der Waals surface area contributed by atoms with E-state index < -0.39 is 0 Å². The topological polar surface area (TPSA) is 6.02 Å². The van der Waals surface area contributed by atoms with Crippen LogP contribution in [-0.4, -0.2) is 48.8 Å². The molecule has 0 amide bonds. The lowest BCUT2D eigenvalue weighted by atomic mass is 9.78. The van der Waals surface area contributed by atoms with Gasteiger partial charge in [-0.2, -0.15) is 0 Å². The average Bonchev–Trinajstić information content (AvgIpc) is 2.78. The van der Waals surface area contributed by atoms with Gasteiger partial charge in [0.25, 0.3) is 0 Å². The van der Waals surface area contributed by atoms with Gasteiger partial charge in [-0.15, -0.1) is 0 Å². The van der Waals surface area contributed by atoms with Crippen LogP contribution in [0, 0.1) is 39.5 Å². The van der Waals surface area contributed by atoms with Crippen molar-refractivity contribution in [3.8, 4) is 0 Å². The number of rotatable bonds is 6. The maximum absolute atomic E-state index is 2.47. The fraction of sp³-hybridized carbons (Fsp3) is 0.611. The van der Waals surface area contributed by atoms with Gasteiger partial charge in [0, 0.05) is 23.0 Å². The molecule has 0 N–H and O–H groups in total. The Morgan fingerprint density at radius 3 is 1.29 bits per heavy atom. The molecule has 1 fully saturated rings. The average molecular weight is 517 g/mol. The Balaban J connectivity index is 1.81. The third kappa shape index (κ3) is 7.67. The Hall–Kier alpha value is -2.22. The van der Waals surface area contributed by atoms with Crippen molar-refractivity contribution >= 4 is 12.4 Å². The number of hydrogen-bond donors (Lipinski definition) is 0. The Bertz CT molecular complexity index is 1100. The van der Waals surface area contributed by atoms with Crippen LogP contribution >= 0.6 is 0 Å². The second-order valence-corrected chi connectivity index (χ2v) is 14.5. The molecule has 3 rings (SSSR count). The molecule has 38 heavy (non-hydrogen) atoms. The number of benzene rings is 2. The van der Waals surface area contributed by atoms with Crippen LogP contribution in [-0.2, 0) is 10.8 Å². The molecule has 0 bridgehead atoms. The van der Waals surface area contributed by atoms with Gasteiger partial charge in [-0.05, 0) is 96.9 Å². The minimum absolute atomic E-state index is 0.163. The van der Waals surface area contributed by atoms with Crippen molar-refractivity contribution < 1.29 is 9.15 Å². The van der Waals surface area contributed by atoms with Crippen molar-refractivity contribution in [2.45, 2.75) is 106 Å². The van der Waals surface area contributed by atoms with Gasteiger partial charge in [-0.3, -0.25) is 0 Å². The molecule has 0 aromatic heterocycles. The first-order valence-corrected chi connectivity index (χ1v) is 14.9. The standard InChI is InChI=1S/C36H56N2/c1-25-17-31(27(3)33(19-25)35(5,6)7)23-37(11)21-29-15-13-14-16-30(29)22-38(12)24-32-18-26(2)20-34(28(32)4)36(8,9)10/h17-20,23-24,29-30H,13-16,21-22H2,1-12H3/q+2. The summed E-state index contributed by atoms with van der Waals surface area (Å²) >= 11 is 0. The van der Waals surface area contributed by atoms with Crippen LogP contribution in [0.5, 0.6) is 0 Å². The zero-order valence-corrected chi connectivity index (χ0v) is 26.8. The quantitative estimate of drug-likeness (QED) is 0.270. The number of hydrogen-bond acceptors (Lipinski definition) is 0. The van der Waals surface area contributed by atoms with E-state index in [-0.39, 0.29) is 10.8 Å². The molecular weight excluding hydrogens is 460 g/mol. The molecule has 0 aliphatic heterocycles. The summed E-state index contributed by atoms with van der Waals surface area (Å²) in [7, 11) is 4.56. The van der Waals surface area contributed by atoms with Gasteiger partial charge in [0.05, 0.1) is 0 Å². The van der Waals surface area contributed by atoms with E-state index in [1.165, 1.54) is 70.2 Å². The summed E-state index contributed by atoms with van der Waals surface area (Å²) in [5, 5.41) is 0. The highest BCUT2D eigenvalue weighted by atomic mass is 15.0. The third-order valence-electron chi connectivity index (χ3n) is 8.63. The first-order valence-electron chi connectivity index (χ1n) is 14.9. The lowest BCUT2D eigenvalue weighted by Crippen LogP contribution is -2.33. The predicted molar refractivity (Wildman–Crippen MR) is 167 cm³/mol. The lowest BCUT2D eigenvalue weighted by molar-refractivity contribution is -0.520. The molecule has 1 saturated carbocycles. The molecule has 2 nitrogen and oxygen atoms in total.